The lowest BCUT2D eigenvalue weighted by atomic mass is 10.2. The summed E-state index contributed by atoms with van der Waals surface area (Å²) in [6.07, 6.45) is 0. The average Bonchev–Trinajstić information content (AvgIpc) is 3.22. The van der Waals surface area contributed by atoms with E-state index in [0.29, 0.717) is 5.56 Å². The van der Waals surface area contributed by atoms with Gasteiger partial charge < -0.3 is 9.57 Å². The monoisotopic (exact) mass is 409 g/mol. The number of anilines is 1. The van der Waals surface area contributed by atoms with Crippen molar-refractivity contribution in [1.29, 1.82) is 0 Å². The van der Waals surface area contributed by atoms with Gasteiger partial charge in [-0.15, -0.1) is 11.3 Å². The molecule has 0 saturated carbocycles. The van der Waals surface area contributed by atoms with Crippen molar-refractivity contribution in [3.63, 3.8) is 0 Å². The van der Waals surface area contributed by atoms with E-state index in [-0.39, 0.29) is 28.0 Å². The molecule has 1 heterocycles. The third-order valence-corrected chi connectivity index (χ3v) is 4.37. The average molecular weight is 409 g/mol. The van der Waals surface area contributed by atoms with E-state index in [1.807, 2.05) is 0 Å². The van der Waals surface area contributed by atoms with Gasteiger partial charge >= 0.3 is 11.9 Å². The molecule has 3 aromatic rings. The van der Waals surface area contributed by atoms with Crippen LogP contribution in [0.15, 0.2) is 71.2 Å². The minimum Gasteiger partial charge on any atom is -0.464 e. The molecule has 8 nitrogen and oxygen atoms in total. The normalized spacial score (nSPS) is 10.9. The van der Waals surface area contributed by atoms with E-state index in [4.69, 9.17) is 4.84 Å². The van der Waals surface area contributed by atoms with Gasteiger partial charge in [-0.05, 0) is 24.3 Å². The number of esters is 1. The highest BCUT2D eigenvalue weighted by Crippen LogP contribution is 2.18. The van der Waals surface area contributed by atoms with Crippen LogP contribution in [0.2, 0.25) is 0 Å². The molecule has 0 aliphatic carbocycles. The second kappa shape index (κ2) is 9.38. The first-order chi connectivity index (χ1) is 14.1. The zero-order valence-electron chi connectivity index (χ0n) is 15.2. The van der Waals surface area contributed by atoms with Crippen LogP contribution >= 0.6 is 11.3 Å². The van der Waals surface area contributed by atoms with Gasteiger partial charge in [0.2, 0.25) is 5.71 Å². The van der Waals surface area contributed by atoms with Gasteiger partial charge in [-0.1, -0.05) is 41.6 Å². The Morgan fingerprint density at radius 2 is 1.59 bits per heavy atom. The first kappa shape index (κ1) is 19.9. The van der Waals surface area contributed by atoms with Gasteiger partial charge in [-0.25, -0.2) is 14.6 Å². The van der Waals surface area contributed by atoms with Crippen molar-refractivity contribution in [3.8, 4) is 0 Å². The predicted octanol–water partition coefficient (Wildman–Crippen LogP) is 3.13. The lowest BCUT2D eigenvalue weighted by Crippen LogP contribution is -2.19. The van der Waals surface area contributed by atoms with Crippen LogP contribution in [0.1, 0.15) is 26.4 Å². The zero-order chi connectivity index (χ0) is 20.6. The van der Waals surface area contributed by atoms with Crippen LogP contribution < -0.4 is 5.32 Å². The Bertz CT molecular complexity index is 1050. The van der Waals surface area contributed by atoms with Crippen molar-refractivity contribution in [3.05, 3.63) is 82.9 Å². The number of rotatable bonds is 6. The fourth-order valence-electron chi connectivity index (χ4n) is 2.20. The molecule has 29 heavy (non-hydrogen) atoms. The van der Waals surface area contributed by atoms with Gasteiger partial charge in [0.25, 0.3) is 5.91 Å². The molecule has 1 aromatic heterocycles. The number of carbonyl (C=O) groups excluding carboxylic acids is 3. The van der Waals surface area contributed by atoms with E-state index >= 15 is 0 Å². The van der Waals surface area contributed by atoms with Crippen LogP contribution in [-0.2, 0) is 14.4 Å². The Balaban J connectivity index is 1.77. The third kappa shape index (κ3) is 5.11. The van der Waals surface area contributed by atoms with Crippen LogP contribution in [-0.4, -0.2) is 35.7 Å². The fraction of sp³-hybridized carbons (Fsp3) is 0.0500. The molecule has 0 unspecified atom stereocenters. The molecule has 0 radical (unpaired) electrons. The molecular formula is C20H15N3O5S. The summed E-state index contributed by atoms with van der Waals surface area (Å²) in [5.74, 6) is -1.92. The number of nitrogens with zero attached hydrogens (tertiary/aromatic N) is 2. The number of methoxy groups -OCH3 is 1. The second-order valence-corrected chi connectivity index (χ2v) is 6.39. The Hall–Kier alpha value is -3.85. The number of hydrogen-bond acceptors (Lipinski definition) is 8. The van der Waals surface area contributed by atoms with Crippen molar-refractivity contribution < 1.29 is 24.0 Å². The van der Waals surface area contributed by atoms with Crippen LogP contribution in [0, 0.1) is 0 Å². The summed E-state index contributed by atoms with van der Waals surface area (Å²) in [7, 11) is 1.17. The highest BCUT2D eigenvalue weighted by molar-refractivity contribution is 7.14. The summed E-state index contributed by atoms with van der Waals surface area (Å²) in [4.78, 5) is 45.3. The molecule has 0 atom stereocenters. The number of ether oxygens (including phenoxy) is 1. The molecule has 3 rings (SSSR count). The van der Waals surface area contributed by atoms with Gasteiger partial charge in [-0.2, -0.15) is 0 Å². The van der Waals surface area contributed by atoms with Crippen molar-refractivity contribution in [2.24, 2.45) is 5.16 Å². The standard InChI is InChI=1S/C20H15N3O5S/c1-27-19(26)16(23-28-18(25)14-10-6-3-7-11-14)15-12-29-20(21-15)22-17(24)13-8-4-2-5-9-13/h2-12H,1H3,(H,21,22,24). The molecule has 0 fully saturated rings. The maximum absolute atomic E-state index is 12.2. The molecule has 0 aliphatic heterocycles. The Morgan fingerprint density at radius 3 is 2.21 bits per heavy atom. The van der Waals surface area contributed by atoms with E-state index in [1.165, 1.54) is 12.5 Å². The zero-order valence-corrected chi connectivity index (χ0v) is 16.0. The van der Waals surface area contributed by atoms with Crippen LogP contribution in [0.25, 0.3) is 0 Å². The first-order valence-electron chi connectivity index (χ1n) is 8.33. The second-order valence-electron chi connectivity index (χ2n) is 5.53. The summed E-state index contributed by atoms with van der Waals surface area (Å²) in [6.45, 7) is 0. The van der Waals surface area contributed by atoms with Crippen molar-refractivity contribution in [2.75, 3.05) is 12.4 Å². The number of hydrogen-bond donors (Lipinski definition) is 1. The van der Waals surface area contributed by atoms with E-state index in [9.17, 15) is 14.4 Å². The Kier molecular flexibility index (Phi) is 6.43. The third-order valence-electron chi connectivity index (χ3n) is 3.61. The minimum atomic E-state index is -0.836. The summed E-state index contributed by atoms with van der Waals surface area (Å²) < 4.78 is 4.68. The highest BCUT2D eigenvalue weighted by Gasteiger charge is 2.21. The molecule has 2 aromatic carbocycles. The number of thiazole rings is 1. The highest BCUT2D eigenvalue weighted by atomic mass is 32.1. The maximum atomic E-state index is 12.2. The lowest BCUT2D eigenvalue weighted by Gasteiger charge is -2.02. The number of nitrogens with one attached hydrogen (secondary N) is 1. The minimum absolute atomic E-state index is 0.103. The molecule has 0 spiro atoms. The number of oxime groups is 1. The molecule has 1 amide bonds. The smallest absolute Gasteiger partial charge is 0.365 e. The van der Waals surface area contributed by atoms with Crippen LogP contribution in [0.3, 0.4) is 0 Å². The van der Waals surface area contributed by atoms with Gasteiger partial charge in [0.05, 0.1) is 12.7 Å². The lowest BCUT2D eigenvalue weighted by molar-refractivity contribution is -0.132. The SMILES string of the molecule is COC(=O)C(=NOC(=O)c1ccccc1)c1csc(NC(=O)c2ccccc2)n1. The van der Waals surface area contributed by atoms with E-state index in [1.54, 1.807) is 60.7 Å². The molecule has 1 N–H and O–H groups in total. The summed E-state index contributed by atoms with van der Waals surface area (Å²) in [5.41, 5.74) is 0.539. The fourth-order valence-corrected chi connectivity index (χ4v) is 2.89. The molecular weight excluding hydrogens is 394 g/mol. The van der Waals surface area contributed by atoms with E-state index in [0.717, 1.165) is 11.3 Å². The molecule has 146 valence electrons. The number of aromatic nitrogens is 1. The van der Waals surface area contributed by atoms with Gasteiger partial charge in [0.15, 0.2) is 5.13 Å². The largest absolute Gasteiger partial charge is 0.464 e. The van der Waals surface area contributed by atoms with Gasteiger partial charge in [0, 0.05) is 10.9 Å². The topological polar surface area (TPSA) is 107 Å². The number of benzene rings is 2. The number of carbonyl (C=O) groups is 3. The van der Waals surface area contributed by atoms with E-state index in [2.05, 4.69) is 20.2 Å². The molecule has 0 saturated heterocycles. The van der Waals surface area contributed by atoms with Crippen molar-refractivity contribution in [2.45, 2.75) is 0 Å². The molecule has 9 heteroatoms. The quantitative estimate of drug-likeness (QED) is 0.290. The van der Waals surface area contributed by atoms with Crippen LogP contribution in [0.5, 0.6) is 0 Å². The Labute approximate surface area is 169 Å². The predicted molar refractivity (Wildman–Crippen MR) is 107 cm³/mol. The van der Waals surface area contributed by atoms with Crippen molar-refractivity contribution in [1.82, 2.24) is 4.98 Å². The Morgan fingerprint density at radius 1 is 0.966 bits per heavy atom. The van der Waals surface area contributed by atoms with Crippen molar-refractivity contribution >= 4 is 40.0 Å². The van der Waals surface area contributed by atoms with Gasteiger partial charge in [-0.3, -0.25) is 10.1 Å². The first-order valence-corrected chi connectivity index (χ1v) is 9.21. The molecule has 0 bridgehead atoms. The van der Waals surface area contributed by atoms with E-state index < -0.39 is 11.9 Å². The maximum Gasteiger partial charge on any atom is 0.365 e. The summed E-state index contributed by atoms with van der Waals surface area (Å²) >= 11 is 1.09. The van der Waals surface area contributed by atoms with Crippen LogP contribution in [0.4, 0.5) is 5.13 Å². The summed E-state index contributed by atoms with van der Waals surface area (Å²) in [5, 5.41) is 7.99. The summed E-state index contributed by atoms with van der Waals surface area (Å²) in [6, 6.07) is 16.8. The molecule has 0 aliphatic rings. The number of amides is 1. The van der Waals surface area contributed by atoms with Gasteiger partial charge in [0.1, 0.15) is 5.69 Å².